The van der Waals surface area contributed by atoms with Gasteiger partial charge in [-0.05, 0) is 12.1 Å². The van der Waals surface area contributed by atoms with Crippen LogP contribution in [0.4, 0.5) is 0 Å². The van der Waals surface area contributed by atoms with E-state index >= 15 is 0 Å². The lowest BCUT2D eigenvalue weighted by Gasteiger charge is -2.02. The minimum absolute atomic E-state index is 0.243. The van der Waals surface area contributed by atoms with Crippen molar-refractivity contribution in [2.75, 3.05) is 7.11 Å². The summed E-state index contributed by atoms with van der Waals surface area (Å²) >= 11 is 5.79. The molecular formula is C11H9ClN2O2. The van der Waals surface area contributed by atoms with E-state index in [2.05, 4.69) is 10.2 Å². The summed E-state index contributed by atoms with van der Waals surface area (Å²) in [6.07, 6.45) is 0.681. The zero-order valence-electron chi connectivity index (χ0n) is 8.53. The number of aldehydes is 1. The van der Waals surface area contributed by atoms with Crippen LogP contribution in [0.1, 0.15) is 10.4 Å². The molecule has 1 aromatic carbocycles. The van der Waals surface area contributed by atoms with Crippen LogP contribution in [0.2, 0.25) is 5.15 Å². The predicted octanol–water partition coefficient (Wildman–Crippen LogP) is 2.55. The van der Waals surface area contributed by atoms with Crippen molar-refractivity contribution in [3.05, 3.63) is 35.0 Å². The highest BCUT2D eigenvalue weighted by atomic mass is 35.5. The topological polar surface area (TPSA) is 55.0 Å². The maximum Gasteiger partial charge on any atom is 0.155 e. The quantitative estimate of drug-likeness (QED) is 0.834. The number of carbonyl (C=O) groups is 1. The van der Waals surface area contributed by atoms with Gasteiger partial charge in [-0.15, -0.1) is 0 Å². The smallest absolute Gasteiger partial charge is 0.155 e. The van der Waals surface area contributed by atoms with Gasteiger partial charge in [-0.25, -0.2) is 0 Å². The van der Waals surface area contributed by atoms with E-state index in [0.29, 0.717) is 23.3 Å². The van der Waals surface area contributed by atoms with Crippen molar-refractivity contribution in [3.63, 3.8) is 0 Å². The average Bonchev–Trinajstić information content (AvgIpc) is 2.70. The van der Waals surface area contributed by atoms with Gasteiger partial charge in [0.2, 0.25) is 0 Å². The van der Waals surface area contributed by atoms with E-state index in [0.717, 1.165) is 5.56 Å². The lowest BCUT2D eigenvalue weighted by atomic mass is 10.1. The van der Waals surface area contributed by atoms with E-state index < -0.39 is 0 Å². The molecule has 2 rings (SSSR count). The van der Waals surface area contributed by atoms with Crippen LogP contribution in [-0.4, -0.2) is 23.6 Å². The van der Waals surface area contributed by atoms with Crippen molar-refractivity contribution >= 4 is 17.9 Å². The minimum Gasteiger partial charge on any atom is -0.497 e. The number of aromatic amines is 1. The van der Waals surface area contributed by atoms with Gasteiger partial charge in [0.1, 0.15) is 16.6 Å². The molecule has 0 aliphatic carbocycles. The van der Waals surface area contributed by atoms with Crippen molar-refractivity contribution in [1.29, 1.82) is 0 Å². The normalized spacial score (nSPS) is 10.1. The Morgan fingerprint density at radius 3 is 3.00 bits per heavy atom. The monoisotopic (exact) mass is 236 g/mol. The van der Waals surface area contributed by atoms with Gasteiger partial charge in [0, 0.05) is 5.56 Å². The summed E-state index contributed by atoms with van der Waals surface area (Å²) in [5, 5.41) is 6.80. The first kappa shape index (κ1) is 10.7. The van der Waals surface area contributed by atoms with Crippen molar-refractivity contribution < 1.29 is 9.53 Å². The van der Waals surface area contributed by atoms with Crippen molar-refractivity contribution in [3.8, 4) is 17.0 Å². The van der Waals surface area contributed by atoms with E-state index in [1.165, 1.54) is 0 Å². The number of nitrogens with one attached hydrogen (secondary N) is 1. The summed E-state index contributed by atoms with van der Waals surface area (Å²) in [5.74, 6) is 0.702. The van der Waals surface area contributed by atoms with Gasteiger partial charge >= 0.3 is 0 Å². The molecule has 0 fully saturated rings. The first-order chi connectivity index (χ1) is 7.76. The Morgan fingerprint density at radius 2 is 2.31 bits per heavy atom. The maximum atomic E-state index is 10.9. The van der Waals surface area contributed by atoms with Crippen molar-refractivity contribution in [1.82, 2.24) is 10.2 Å². The molecule has 0 radical (unpaired) electrons. The Bertz CT molecular complexity index is 522. The third kappa shape index (κ3) is 1.79. The Kier molecular flexibility index (Phi) is 2.92. The lowest BCUT2D eigenvalue weighted by Crippen LogP contribution is -1.87. The lowest BCUT2D eigenvalue weighted by molar-refractivity contribution is 0.112. The third-order valence-corrected chi connectivity index (χ3v) is 2.51. The maximum absolute atomic E-state index is 10.9. The molecule has 0 atom stereocenters. The molecule has 0 saturated heterocycles. The zero-order valence-corrected chi connectivity index (χ0v) is 9.28. The molecule has 2 aromatic rings. The number of halogens is 1. The number of hydrogen-bond donors (Lipinski definition) is 1. The van der Waals surface area contributed by atoms with Crippen molar-refractivity contribution in [2.45, 2.75) is 0 Å². The van der Waals surface area contributed by atoms with E-state index in [1.807, 2.05) is 18.2 Å². The number of rotatable bonds is 3. The summed E-state index contributed by atoms with van der Waals surface area (Å²) in [5.41, 5.74) is 1.67. The predicted molar refractivity (Wildman–Crippen MR) is 61.0 cm³/mol. The molecule has 0 aliphatic rings. The Hall–Kier alpha value is -1.81. The Balaban J connectivity index is 2.53. The Morgan fingerprint density at radius 1 is 1.50 bits per heavy atom. The number of nitrogens with zero attached hydrogens (tertiary/aromatic N) is 1. The highest BCUT2D eigenvalue weighted by Crippen LogP contribution is 2.27. The molecule has 5 heteroatoms. The van der Waals surface area contributed by atoms with Gasteiger partial charge < -0.3 is 4.74 Å². The summed E-state index contributed by atoms with van der Waals surface area (Å²) in [6.45, 7) is 0. The summed E-state index contributed by atoms with van der Waals surface area (Å²) in [7, 11) is 1.58. The van der Waals surface area contributed by atoms with Gasteiger partial charge in [0.15, 0.2) is 6.29 Å². The highest BCUT2D eigenvalue weighted by Gasteiger charge is 2.12. The second kappa shape index (κ2) is 4.37. The first-order valence-electron chi connectivity index (χ1n) is 4.59. The van der Waals surface area contributed by atoms with E-state index in [4.69, 9.17) is 16.3 Å². The number of ether oxygens (including phenoxy) is 1. The number of methoxy groups -OCH3 is 1. The van der Waals surface area contributed by atoms with Crippen LogP contribution < -0.4 is 4.74 Å². The molecule has 0 bridgehead atoms. The largest absolute Gasteiger partial charge is 0.497 e. The van der Waals surface area contributed by atoms with Gasteiger partial charge in [0.25, 0.3) is 0 Å². The van der Waals surface area contributed by atoms with Crippen LogP contribution in [0.25, 0.3) is 11.3 Å². The second-order valence-corrected chi connectivity index (χ2v) is 3.53. The fraction of sp³-hybridized carbons (Fsp3) is 0.0909. The molecule has 1 heterocycles. The number of benzene rings is 1. The van der Waals surface area contributed by atoms with Gasteiger partial charge in [-0.3, -0.25) is 9.89 Å². The summed E-state index contributed by atoms with van der Waals surface area (Å²) in [6, 6.07) is 7.27. The third-order valence-electron chi connectivity index (χ3n) is 2.22. The molecule has 0 aliphatic heterocycles. The second-order valence-electron chi connectivity index (χ2n) is 3.15. The van der Waals surface area contributed by atoms with Crippen LogP contribution >= 0.6 is 11.6 Å². The number of hydrogen-bond acceptors (Lipinski definition) is 3. The van der Waals surface area contributed by atoms with Crippen molar-refractivity contribution in [2.24, 2.45) is 0 Å². The van der Waals surface area contributed by atoms with E-state index in [1.54, 1.807) is 13.2 Å². The van der Waals surface area contributed by atoms with Gasteiger partial charge in [0.05, 0.1) is 12.7 Å². The van der Waals surface area contributed by atoms with Crippen LogP contribution in [0.15, 0.2) is 24.3 Å². The molecule has 0 unspecified atom stereocenters. The molecule has 4 nitrogen and oxygen atoms in total. The Labute approximate surface area is 97.2 Å². The van der Waals surface area contributed by atoms with Crippen LogP contribution in [0, 0.1) is 0 Å². The fourth-order valence-corrected chi connectivity index (χ4v) is 1.60. The SMILES string of the molecule is COc1cccc(-c2n[nH]c(Cl)c2C=O)c1. The zero-order chi connectivity index (χ0) is 11.5. The summed E-state index contributed by atoms with van der Waals surface area (Å²) < 4.78 is 5.10. The molecule has 0 saturated carbocycles. The molecular weight excluding hydrogens is 228 g/mol. The molecule has 0 spiro atoms. The van der Waals surface area contributed by atoms with Crippen LogP contribution in [0.5, 0.6) is 5.75 Å². The molecule has 0 amide bonds. The molecule has 1 N–H and O–H groups in total. The van der Waals surface area contributed by atoms with Crippen LogP contribution in [0.3, 0.4) is 0 Å². The highest BCUT2D eigenvalue weighted by molar-refractivity contribution is 6.32. The molecule has 16 heavy (non-hydrogen) atoms. The molecule has 82 valence electrons. The number of aromatic nitrogens is 2. The fourth-order valence-electron chi connectivity index (χ4n) is 1.43. The van der Waals surface area contributed by atoms with Gasteiger partial charge in [-0.2, -0.15) is 5.10 Å². The number of carbonyl (C=O) groups excluding carboxylic acids is 1. The molecule has 1 aromatic heterocycles. The van der Waals surface area contributed by atoms with E-state index in [-0.39, 0.29) is 5.15 Å². The summed E-state index contributed by atoms with van der Waals surface area (Å²) in [4.78, 5) is 10.9. The minimum atomic E-state index is 0.243. The standard InChI is InChI=1S/C11H9ClN2O2/c1-16-8-4-2-3-7(5-8)10-9(6-15)11(12)14-13-10/h2-6H,1H3,(H,13,14). The number of H-pyrrole nitrogens is 1. The first-order valence-corrected chi connectivity index (χ1v) is 4.97. The van der Waals surface area contributed by atoms with Crippen LogP contribution in [-0.2, 0) is 0 Å². The van der Waals surface area contributed by atoms with Gasteiger partial charge in [-0.1, -0.05) is 23.7 Å². The van der Waals surface area contributed by atoms with E-state index in [9.17, 15) is 4.79 Å². The average molecular weight is 237 g/mol.